The Kier molecular flexibility index (Phi) is 6.39. The highest BCUT2D eigenvalue weighted by Gasteiger charge is 2.20. The van der Waals surface area contributed by atoms with Crippen molar-refractivity contribution in [2.45, 2.75) is 0 Å². The second-order valence-electron chi connectivity index (χ2n) is 12.3. The average molecular weight is 643 g/mol. The molecule has 0 aliphatic heterocycles. The zero-order chi connectivity index (χ0) is 33.0. The van der Waals surface area contributed by atoms with Crippen LogP contribution in [0.4, 0.5) is 0 Å². The third kappa shape index (κ3) is 4.81. The molecule has 0 N–H and O–H groups in total. The van der Waals surface area contributed by atoms with E-state index in [9.17, 15) is 0 Å². The Labute approximate surface area is 286 Å². The Morgan fingerprint density at radius 1 is 0.360 bits per heavy atom. The van der Waals surface area contributed by atoms with Crippen LogP contribution in [0.5, 0.6) is 0 Å². The summed E-state index contributed by atoms with van der Waals surface area (Å²) in [5.74, 6) is 2.30. The summed E-state index contributed by atoms with van der Waals surface area (Å²) < 4.78 is 12.7. The van der Waals surface area contributed by atoms with Gasteiger partial charge in [-0.3, -0.25) is 0 Å². The summed E-state index contributed by atoms with van der Waals surface area (Å²) in [7, 11) is 0. The van der Waals surface area contributed by atoms with Gasteiger partial charge < -0.3 is 8.83 Å². The fourth-order valence-corrected chi connectivity index (χ4v) is 6.69. The van der Waals surface area contributed by atoms with E-state index < -0.39 is 0 Å². The molecule has 0 atom stereocenters. The number of hydrogen-bond acceptors (Lipinski definition) is 6. The van der Waals surface area contributed by atoms with Crippen LogP contribution < -0.4 is 0 Å². The van der Waals surface area contributed by atoms with Gasteiger partial charge in [-0.25, -0.2) is 19.9 Å². The van der Waals surface area contributed by atoms with Gasteiger partial charge >= 0.3 is 0 Å². The van der Waals surface area contributed by atoms with Gasteiger partial charge in [0.15, 0.2) is 23.1 Å². The first kappa shape index (κ1) is 28.1. The van der Waals surface area contributed by atoms with Crippen molar-refractivity contribution in [2.24, 2.45) is 0 Å². The Bertz CT molecular complexity index is 2880. The molecule has 0 aliphatic carbocycles. The topological polar surface area (TPSA) is 77.8 Å². The van der Waals surface area contributed by atoms with Crippen LogP contribution in [0.15, 0.2) is 167 Å². The molecule has 0 fully saturated rings. The molecule has 50 heavy (non-hydrogen) atoms. The van der Waals surface area contributed by atoms with Crippen LogP contribution in [0.2, 0.25) is 0 Å². The maximum absolute atomic E-state index is 6.43. The van der Waals surface area contributed by atoms with Crippen LogP contribution in [-0.2, 0) is 0 Å². The second kappa shape index (κ2) is 11.4. The summed E-state index contributed by atoms with van der Waals surface area (Å²) in [5, 5.41) is 4.08. The van der Waals surface area contributed by atoms with Gasteiger partial charge in [0.25, 0.3) is 0 Å². The van der Waals surface area contributed by atoms with Crippen molar-refractivity contribution >= 4 is 43.8 Å². The molecule has 10 aromatic rings. The van der Waals surface area contributed by atoms with Crippen LogP contribution >= 0.6 is 0 Å². The number of rotatable bonds is 5. The maximum atomic E-state index is 6.43. The second-order valence-corrected chi connectivity index (χ2v) is 12.3. The number of benzene rings is 7. The van der Waals surface area contributed by atoms with Crippen LogP contribution in [0.1, 0.15) is 0 Å². The normalized spacial score (nSPS) is 11.6. The number of oxazole rings is 1. The first-order valence-electron chi connectivity index (χ1n) is 16.5. The molecular weight excluding hydrogens is 617 g/mol. The molecule has 0 spiro atoms. The van der Waals surface area contributed by atoms with Crippen molar-refractivity contribution in [3.05, 3.63) is 158 Å². The van der Waals surface area contributed by atoms with E-state index in [2.05, 4.69) is 60.7 Å². The SMILES string of the molecule is c1ccc(-c2cccc(-c3nc(-c4ccc5ccccc5c4)nc(-c4cccc5oc6cc7nc(-c8ccccc8)oc7cc6c45)n3)c2)cc1. The molecular formula is C44H26N4O2. The Balaban J connectivity index is 1.19. The summed E-state index contributed by atoms with van der Waals surface area (Å²) >= 11 is 0. The fraction of sp³-hybridized carbons (Fsp3) is 0. The van der Waals surface area contributed by atoms with E-state index in [0.717, 1.165) is 66.0 Å². The summed E-state index contributed by atoms with van der Waals surface area (Å²) in [5.41, 5.74) is 8.65. The molecule has 10 rings (SSSR count). The van der Waals surface area contributed by atoms with Crippen molar-refractivity contribution in [3.63, 3.8) is 0 Å². The van der Waals surface area contributed by atoms with E-state index in [0.29, 0.717) is 34.5 Å². The van der Waals surface area contributed by atoms with Crippen molar-refractivity contribution in [3.8, 4) is 56.7 Å². The molecule has 0 saturated carbocycles. The molecule has 234 valence electrons. The van der Waals surface area contributed by atoms with Gasteiger partial charge in [-0.2, -0.15) is 0 Å². The van der Waals surface area contributed by atoms with E-state index in [1.165, 1.54) is 0 Å². The minimum Gasteiger partial charge on any atom is -0.456 e. The summed E-state index contributed by atoms with van der Waals surface area (Å²) in [6.45, 7) is 0. The monoisotopic (exact) mass is 642 g/mol. The van der Waals surface area contributed by atoms with E-state index in [-0.39, 0.29) is 0 Å². The Morgan fingerprint density at radius 2 is 1.02 bits per heavy atom. The van der Waals surface area contributed by atoms with E-state index in [1.807, 2.05) is 97.1 Å². The van der Waals surface area contributed by atoms with Crippen LogP contribution in [0, 0.1) is 0 Å². The number of nitrogens with zero attached hydrogens (tertiary/aromatic N) is 4. The lowest BCUT2D eigenvalue weighted by atomic mass is 10.0. The maximum Gasteiger partial charge on any atom is 0.227 e. The van der Waals surface area contributed by atoms with Crippen molar-refractivity contribution in [1.29, 1.82) is 0 Å². The minimum absolute atomic E-state index is 0.555. The van der Waals surface area contributed by atoms with Gasteiger partial charge in [-0.05, 0) is 58.3 Å². The first-order valence-corrected chi connectivity index (χ1v) is 16.5. The van der Waals surface area contributed by atoms with Crippen molar-refractivity contribution < 1.29 is 8.83 Å². The molecule has 7 aromatic carbocycles. The Morgan fingerprint density at radius 3 is 1.84 bits per heavy atom. The zero-order valence-corrected chi connectivity index (χ0v) is 26.6. The molecule has 0 bridgehead atoms. The number of aromatic nitrogens is 4. The van der Waals surface area contributed by atoms with Gasteiger partial charge in [0.05, 0.1) is 0 Å². The standard InChI is InChI=1S/C44H26N4O2/c1-3-11-27(12-4-1)31-17-9-18-32(23-31)41-46-42(33-22-21-28-13-7-8-16-30(28)24-33)48-43(47-41)34-19-10-20-37-40(34)35-25-39-36(26-38(35)49-37)45-44(50-39)29-14-5-2-6-15-29/h1-26H. The highest BCUT2D eigenvalue weighted by Crippen LogP contribution is 2.39. The van der Waals surface area contributed by atoms with Gasteiger partial charge in [-0.15, -0.1) is 0 Å². The van der Waals surface area contributed by atoms with Crippen molar-refractivity contribution in [2.75, 3.05) is 0 Å². The molecule has 0 unspecified atom stereocenters. The van der Waals surface area contributed by atoms with Crippen LogP contribution in [-0.4, -0.2) is 19.9 Å². The van der Waals surface area contributed by atoms with Gasteiger partial charge in [0, 0.05) is 39.1 Å². The lowest BCUT2D eigenvalue weighted by molar-refractivity contribution is 0.620. The summed E-state index contributed by atoms with van der Waals surface area (Å²) in [6.07, 6.45) is 0. The first-order chi connectivity index (χ1) is 24.7. The molecule has 3 aromatic heterocycles. The summed E-state index contributed by atoms with van der Waals surface area (Å²) in [4.78, 5) is 20.1. The molecule has 0 amide bonds. The molecule has 0 radical (unpaired) electrons. The molecule has 0 saturated heterocycles. The quantitative estimate of drug-likeness (QED) is 0.186. The summed E-state index contributed by atoms with van der Waals surface area (Å²) in [6, 6.07) is 53.2. The van der Waals surface area contributed by atoms with E-state index >= 15 is 0 Å². The molecule has 0 aliphatic rings. The lowest BCUT2D eigenvalue weighted by Gasteiger charge is -2.11. The molecule has 6 heteroatoms. The van der Waals surface area contributed by atoms with E-state index in [4.69, 9.17) is 28.8 Å². The number of fused-ring (bicyclic) bond motifs is 5. The zero-order valence-electron chi connectivity index (χ0n) is 26.6. The number of furan rings is 1. The highest BCUT2D eigenvalue weighted by molar-refractivity contribution is 6.14. The third-order valence-corrected chi connectivity index (χ3v) is 9.14. The van der Waals surface area contributed by atoms with Gasteiger partial charge in [0.2, 0.25) is 5.89 Å². The average Bonchev–Trinajstić information content (AvgIpc) is 3.78. The molecule has 6 nitrogen and oxygen atoms in total. The molecule has 3 heterocycles. The van der Waals surface area contributed by atoms with Crippen molar-refractivity contribution in [1.82, 2.24) is 19.9 Å². The highest BCUT2D eigenvalue weighted by atomic mass is 16.4. The largest absolute Gasteiger partial charge is 0.456 e. The van der Waals surface area contributed by atoms with Gasteiger partial charge in [-0.1, -0.05) is 115 Å². The lowest BCUT2D eigenvalue weighted by Crippen LogP contribution is -2.00. The fourth-order valence-electron chi connectivity index (χ4n) is 6.69. The Hall–Kier alpha value is -6.92. The van der Waals surface area contributed by atoms with E-state index in [1.54, 1.807) is 0 Å². The minimum atomic E-state index is 0.555. The van der Waals surface area contributed by atoms with Gasteiger partial charge in [0.1, 0.15) is 16.7 Å². The third-order valence-electron chi connectivity index (χ3n) is 9.14. The predicted molar refractivity (Wildman–Crippen MR) is 199 cm³/mol. The van der Waals surface area contributed by atoms with Crippen LogP contribution in [0.3, 0.4) is 0 Å². The van der Waals surface area contributed by atoms with Crippen LogP contribution in [0.25, 0.3) is 101 Å². The smallest absolute Gasteiger partial charge is 0.227 e. The number of hydrogen-bond donors (Lipinski definition) is 0. The predicted octanol–water partition coefficient (Wildman–Crippen LogP) is 11.4.